The highest BCUT2D eigenvalue weighted by Crippen LogP contribution is 2.37. The van der Waals surface area contributed by atoms with Gasteiger partial charge in [-0.3, -0.25) is 0 Å². The highest BCUT2D eigenvalue weighted by molar-refractivity contribution is 5.91. The molecule has 104 valence electrons. The molecule has 1 aliphatic carbocycles. The molecule has 1 heterocycles. The van der Waals surface area contributed by atoms with Gasteiger partial charge in [-0.1, -0.05) is 12.1 Å². The first-order valence-electron chi connectivity index (χ1n) is 6.35. The van der Waals surface area contributed by atoms with Crippen molar-refractivity contribution in [2.24, 2.45) is 0 Å². The van der Waals surface area contributed by atoms with Gasteiger partial charge in [-0.15, -0.1) is 0 Å². The number of hydrogen-bond acceptors (Lipinski definition) is 4. The number of nitrogens with zero attached hydrogens (tertiary/aromatic N) is 2. The van der Waals surface area contributed by atoms with Crippen molar-refractivity contribution in [3.05, 3.63) is 29.8 Å². The van der Waals surface area contributed by atoms with Gasteiger partial charge in [0.25, 0.3) is 5.92 Å². The summed E-state index contributed by atoms with van der Waals surface area (Å²) in [5.41, 5.74) is 13.8. The molecular formula is C14H14F2N4. The van der Waals surface area contributed by atoms with Crippen LogP contribution in [0.4, 0.5) is 20.5 Å². The third-order valence-electron chi connectivity index (χ3n) is 3.52. The predicted octanol–water partition coefficient (Wildman–Crippen LogP) is 3.00. The van der Waals surface area contributed by atoms with Crippen LogP contribution in [0.5, 0.6) is 0 Å². The number of halogens is 2. The second kappa shape index (κ2) is 4.40. The first-order chi connectivity index (χ1) is 9.44. The van der Waals surface area contributed by atoms with Crippen LogP contribution >= 0.6 is 0 Å². The summed E-state index contributed by atoms with van der Waals surface area (Å²) >= 11 is 0. The monoisotopic (exact) mass is 276 g/mol. The number of rotatable bonds is 1. The van der Waals surface area contributed by atoms with Crippen molar-refractivity contribution >= 4 is 28.2 Å². The molecule has 2 aromatic rings. The summed E-state index contributed by atoms with van der Waals surface area (Å²) in [6.45, 7) is 0. The summed E-state index contributed by atoms with van der Waals surface area (Å²) in [5.74, 6) is -2.16. The van der Waals surface area contributed by atoms with E-state index < -0.39 is 5.92 Å². The van der Waals surface area contributed by atoms with Crippen LogP contribution in [-0.4, -0.2) is 15.9 Å². The number of allylic oxidation sites excluding steroid dienone is 2. The van der Waals surface area contributed by atoms with E-state index in [1.807, 2.05) is 12.1 Å². The zero-order valence-electron chi connectivity index (χ0n) is 10.7. The van der Waals surface area contributed by atoms with Gasteiger partial charge in [0.2, 0.25) is 5.95 Å². The van der Waals surface area contributed by atoms with E-state index in [4.69, 9.17) is 11.5 Å². The van der Waals surface area contributed by atoms with E-state index in [0.29, 0.717) is 23.1 Å². The van der Waals surface area contributed by atoms with E-state index in [9.17, 15) is 8.78 Å². The minimum atomic E-state index is -2.59. The highest BCUT2D eigenvalue weighted by atomic mass is 19.3. The summed E-state index contributed by atoms with van der Waals surface area (Å²) in [6.07, 6.45) is 1.62. The average molecular weight is 276 g/mol. The largest absolute Gasteiger partial charge is 0.383 e. The molecule has 4 nitrogen and oxygen atoms in total. The highest BCUT2D eigenvalue weighted by Gasteiger charge is 2.31. The summed E-state index contributed by atoms with van der Waals surface area (Å²) in [7, 11) is 0. The lowest BCUT2D eigenvalue weighted by Gasteiger charge is -2.21. The molecule has 4 N–H and O–H groups in total. The van der Waals surface area contributed by atoms with Gasteiger partial charge in [0.15, 0.2) is 0 Å². The lowest BCUT2D eigenvalue weighted by atomic mass is 9.91. The molecule has 0 saturated carbocycles. The van der Waals surface area contributed by atoms with Gasteiger partial charge in [-0.2, -0.15) is 4.98 Å². The molecule has 1 aliphatic rings. The first kappa shape index (κ1) is 12.8. The number of anilines is 2. The molecule has 0 unspecified atom stereocenters. The lowest BCUT2D eigenvalue weighted by Crippen LogP contribution is -2.18. The zero-order chi connectivity index (χ0) is 14.3. The average Bonchev–Trinajstić information content (AvgIpc) is 2.37. The van der Waals surface area contributed by atoms with Crippen LogP contribution in [0.1, 0.15) is 24.8 Å². The van der Waals surface area contributed by atoms with Crippen molar-refractivity contribution in [1.82, 2.24) is 9.97 Å². The SMILES string of the molecule is Nc1nc(N)c2ccc(C3=CCC(F)(F)CC3)cc2n1. The van der Waals surface area contributed by atoms with Crippen molar-refractivity contribution in [1.29, 1.82) is 0 Å². The molecule has 0 amide bonds. The van der Waals surface area contributed by atoms with E-state index in [0.717, 1.165) is 11.1 Å². The third kappa shape index (κ3) is 2.29. The van der Waals surface area contributed by atoms with Crippen LogP contribution in [-0.2, 0) is 0 Å². The Hall–Kier alpha value is -2.24. The van der Waals surface area contributed by atoms with E-state index in [1.54, 1.807) is 12.1 Å². The molecule has 0 fully saturated rings. The molecule has 20 heavy (non-hydrogen) atoms. The quantitative estimate of drug-likeness (QED) is 0.839. The van der Waals surface area contributed by atoms with Crippen molar-refractivity contribution in [3.8, 4) is 0 Å². The molecule has 0 saturated heterocycles. The summed E-state index contributed by atoms with van der Waals surface area (Å²) in [6, 6.07) is 5.47. The van der Waals surface area contributed by atoms with Gasteiger partial charge in [-0.25, -0.2) is 13.8 Å². The number of alkyl halides is 2. The van der Waals surface area contributed by atoms with Gasteiger partial charge < -0.3 is 11.5 Å². The Morgan fingerprint density at radius 1 is 1.15 bits per heavy atom. The molecule has 3 rings (SSSR count). The fourth-order valence-corrected chi connectivity index (χ4v) is 2.43. The number of nitrogens with two attached hydrogens (primary N) is 2. The number of aromatic nitrogens is 2. The number of nitrogen functional groups attached to an aromatic ring is 2. The molecule has 6 heteroatoms. The first-order valence-corrected chi connectivity index (χ1v) is 6.35. The van der Waals surface area contributed by atoms with Crippen LogP contribution in [0.25, 0.3) is 16.5 Å². The Morgan fingerprint density at radius 2 is 1.95 bits per heavy atom. The maximum atomic E-state index is 13.2. The standard InChI is InChI=1S/C14H14F2N4/c15-14(16)5-3-8(4-6-14)9-1-2-10-11(7-9)19-13(18)20-12(10)17/h1-3,7H,4-6H2,(H4,17,18,19,20). The van der Waals surface area contributed by atoms with Gasteiger partial charge in [0, 0.05) is 18.2 Å². The van der Waals surface area contributed by atoms with Crippen molar-refractivity contribution < 1.29 is 8.78 Å². The van der Waals surface area contributed by atoms with Crippen molar-refractivity contribution in [2.75, 3.05) is 11.5 Å². The van der Waals surface area contributed by atoms with Crippen LogP contribution in [0, 0.1) is 0 Å². The normalized spacial score (nSPS) is 18.0. The fraction of sp³-hybridized carbons (Fsp3) is 0.286. The summed E-state index contributed by atoms with van der Waals surface area (Å²) < 4.78 is 26.3. The Balaban J connectivity index is 2.04. The van der Waals surface area contributed by atoms with E-state index in [-0.39, 0.29) is 18.8 Å². The van der Waals surface area contributed by atoms with E-state index in [2.05, 4.69) is 9.97 Å². The molecule has 0 bridgehead atoms. The molecule has 0 radical (unpaired) electrons. The van der Waals surface area contributed by atoms with E-state index >= 15 is 0 Å². The Labute approximate surface area is 114 Å². The van der Waals surface area contributed by atoms with E-state index in [1.165, 1.54) is 0 Å². The predicted molar refractivity (Wildman–Crippen MR) is 75.1 cm³/mol. The van der Waals surface area contributed by atoms with Gasteiger partial charge in [-0.05, 0) is 29.7 Å². The Kier molecular flexibility index (Phi) is 2.81. The van der Waals surface area contributed by atoms with Gasteiger partial charge in [0.1, 0.15) is 5.82 Å². The van der Waals surface area contributed by atoms with Gasteiger partial charge >= 0.3 is 0 Å². The van der Waals surface area contributed by atoms with Crippen LogP contribution < -0.4 is 11.5 Å². The molecule has 0 spiro atoms. The van der Waals surface area contributed by atoms with Crippen LogP contribution in [0.15, 0.2) is 24.3 Å². The third-order valence-corrected chi connectivity index (χ3v) is 3.52. The fourth-order valence-electron chi connectivity index (χ4n) is 2.43. The molecule has 0 atom stereocenters. The van der Waals surface area contributed by atoms with Gasteiger partial charge in [0.05, 0.1) is 5.52 Å². The zero-order valence-corrected chi connectivity index (χ0v) is 10.7. The van der Waals surface area contributed by atoms with Crippen LogP contribution in [0.3, 0.4) is 0 Å². The van der Waals surface area contributed by atoms with Crippen LogP contribution in [0.2, 0.25) is 0 Å². The maximum absolute atomic E-state index is 13.2. The smallest absolute Gasteiger partial charge is 0.251 e. The number of benzene rings is 1. The second-order valence-electron chi connectivity index (χ2n) is 4.99. The number of fused-ring (bicyclic) bond motifs is 1. The topological polar surface area (TPSA) is 77.8 Å². The van der Waals surface area contributed by atoms with Crippen molar-refractivity contribution in [2.45, 2.75) is 25.2 Å². The maximum Gasteiger partial charge on any atom is 0.251 e. The second-order valence-corrected chi connectivity index (χ2v) is 4.99. The number of hydrogen-bond donors (Lipinski definition) is 2. The molecule has 0 aliphatic heterocycles. The lowest BCUT2D eigenvalue weighted by molar-refractivity contribution is -0.00602. The Bertz CT molecular complexity index is 710. The molecule has 1 aromatic carbocycles. The Morgan fingerprint density at radius 3 is 2.65 bits per heavy atom. The summed E-state index contributed by atoms with van der Waals surface area (Å²) in [5, 5.41) is 0.713. The van der Waals surface area contributed by atoms with Crippen molar-refractivity contribution in [3.63, 3.8) is 0 Å². The molecular weight excluding hydrogens is 262 g/mol. The molecule has 1 aromatic heterocycles. The minimum absolute atomic E-state index is 0.108. The minimum Gasteiger partial charge on any atom is -0.383 e. The summed E-state index contributed by atoms with van der Waals surface area (Å²) in [4.78, 5) is 8.03.